The van der Waals surface area contributed by atoms with Crippen LogP contribution in [0.25, 0.3) is 0 Å². The number of hydrogen-bond acceptors (Lipinski definition) is 10. The maximum Gasteiger partial charge on any atom is 0.303 e. The van der Waals surface area contributed by atoms with Gasteiger partial charge in [0.1, 0.15) is 5.69 Å². The number of nitrogens with one attached hydrogen (secondary N) is 2. The predicted octanol–water partition coefficient (Wildman–Crippen LogP) is 0.946. The van der Waals surface area contributed by atoms with Crippen LogP contribution in [0.2, 0.25) is 0 Å². The molecule has 0 aliphatic carbocycles. The van der Waals surface area contributed by atoms with Crippen LogP contribution in [0.3, 0.4) is 0 Å². The molecule has 0 radical (unpaired) electrons. The van der Waals surface area contributed by atoms with Gasteiger partial charge in [0.05, 0.1) is 62.0 Å². The number of carbonyl (C=O) groups excluding carboxylic acids is 1. The quantitative estimate of drug-likeness (QED) is 0.161. The van der Waals surface area contributed by atoms with Crippen LogP contribution in [-0.4, -0.2) is 79.6 Å². The lowest BCUT2D eigenvalue weighted by Crippen LogP contribution is -2.27. The Bertz CT molecular complexity index is 774. The summed E-state index contributed by atoms with van der Waals surface area (Å²) in [6, 6.07) is 3.35. The number of rotatable bonds is 18. The Kier molecular flexibility index (Phi) is 12.9. The van der Waals surface area contributed by atoms with Gasteiger partial charge in [0, 0.05) is 25.6 Å². The van der Waals surface area contributed by atoms with E-state index in [1.807, 2.05) is 0 Å². The molecule has 0 aromatic heterocycles. The van der Waals surface area contributed by atoms with E-state index in [0.29, 0.717) is 26.4 Å². The Morgan fingerprint density at radius 2 is 1.47 bits per heavy atom. The van der Waals surface area contributed by atoms with Crippen LogP contribution in [0.15, 0.2) is 18.2 Å². The molecule has 14 heteroatoms. The highest BCUT2D eigenvalue weighted by Gasteiger charge is 2.18. The molecule has 1 amide bonds. The van der Waals surface area contributed by atoms with E-state index < -0.39 is 15.8 Å². The molecule has 0 spiro atoms. The van der Waals surface area contributed by atoms with E-state index in [-0.39, 0.29) is 62.1 Å². The summed E-state index contributed by atoms with van der Waals surface area (Å²) in [5.74, 6) is -1.37. The zero-order valence-electron chi connectivity index (χ0n) is 17.3. The van der Waals surface area contributed by atoms with E-state index >= 15 is 0 Å². The van der Waals surface area contributed by atoms with Gasteiger partial charge in [-0.3, -0.25) is 29.8 Å². The molecule has 1 rings (SSSR count). The minimum Gasteiger partial charge on any atom is -0.481 e. The number of hydrogen-bond donors (Lipinski definition) is 3. The van der Waals surface area contributed by atoms with Crippen molar-refractivity contribution in [2.24, 2.45) is 0 Å². The van der Waals surface area contributed by atoms with Gasteiger partial charge in [-0.1, -0.05) is 0 Å². The summed E-state index contributed by atoms with van der Waals surface area (Å²) < 4.78 is 15.9. The number of benzene rings is 1. The summed E-state index contributed by atoms with van der Waals surface area (Å²) in [5.41, 5.74) is -0.585. The Morgan fingerprint density at radius 1 is 0.875 bits per heavy atom. The lowest BCUT2D eigenvalue weighted by molar-refractivity contribution is -0.393. The number of ether oxygens (including phenoxy) is 3. The van der Waals surface area contributed by atoms with Gasteiger partial charge in [-0.2, -0.15) is 0 Å². The second-order valence-electron chi connectivity index (χ2n) is 6.22. The van der Waals surface area contributed by atoms with Crippen molar-refractivity contribution < 1.29 is 38.8 Å². The van der Waals surface area contributed by atoms with Crippen LogP contribution < -0.4 is 10.6 Å². The Morgan fingerprint density at radius 3 is 2.03 bits per heavy atom. The minimum absolute atomic E-state index is 0.0707. The van der Waals surface area contributed by atoms with Gasteiger partial charge in [-0.25, -0.2) is 0 Å². The standard InChI is InChI=1S/C18H26N4O10/c23-17(3-4-18(24)25)20-6-8-31-10-12-32-11-9-30-7-5-19-15-2-1-14(21(26)27)13-16(15)22(28)29/h1-2,13,19H,3-12H2,(H,20,23)(H,24,25). The molecule has 0 saturated heterocycles. The third-order valence-electron chi connectivity index (χ3n) is 3.83. The molecule has 0 atom stereocenters. The third-order valence-corrected chi connectivity index (χ3v) is 3.83. The maximum absolute atomic E-state index is 11.3. The molecule has 0 unspecified atom stereocenters. The number of non-ortho nitro benzene ring substituents is 1. The van der Waals surface area contributed by atoms with E-state index in [1.165, 1.54) is 12.1 Å². The highest BCUT2D eigenvalue weighted by atomic mass is 16.6. The van der Waals surface area contributed by atoms with E-state index in [4.69, 9.17) is 19.3 Å². The maximum atomic E-state index is 11.3. The lowest BCUT2D eigenvalue weighted by Gasteiger charge is -2.09. The van der Waals surface area contributed by atoms with Crippen molar-refractivity contribution in [3.05, 3.63) is 38.4 Å². The highest BCUT2D eigenvalue weighted by molar-refractivity contribution is 5.80. The molecule has 0 bridgehead atoms. The number of aliphatic carboxylic acids is 1. The number of anilines is 1. The topological polar surface area (TPSA) is 192 Å². The molecular weight excluding hydrogens is 432 g/mol. The van der Waals surface area contributed by atoms with Crippen molar-refractivity contribution in [2.45, 2.75) is 12.8 Å². The Balaban J connectivity index is 2.02. The SMILES string of the molecule is O=C(O)CCC(=O)NCCOCCOCCOCCNc1ccc([N+](=O)[O-])cc1[N+](=O)[O-]. The van der Waals surface area contributed by atoms with Crippen molar-refractivity contribution in [3.8, 4) is 0 Å². The van der Waals surface area contributed by atoms with Gasteiger partial charge in [0.25, 0.3) is 11.4 Å². The number of nitro benzene ring substituents is 2. The molecule has 32 heavy (non-hydrogen) atoms. The first-order valence-electron chi connectivity index (χ1n) is 9.69. The molecule has 0 aliphatic heterocycles. The van der Waals surface area contributed by atoms with Crippen LogP contribution in [0.4, 0.5) is 17.1 Å². The lowest BCUT2D eigenvalue weighted by atomic mass is 10.2. The summed E-state index contributed by atoms with van der Waals surface area (Å²) in [6.07, 6.45) is -0.283. The van der Waals surface area contributed by atoms with Crippen LogP contribution in [0.5, 0.6) is 0 Å². The summed E-state index contributed by atoms with van der Waals surface area (Å²) >= 11 is 0. The van der Waals surface area contributed by atoms with Crippen molar-refractivity contribution in [2.75, 3.05) is 58.0 Å². The molecule has 14 nitrogen and oxygen atoms in total. The molecule has 0 saturated carbocycles. The molecule has 178 valence electrons. The van der Waals surface area contributed by atoms with E-state index in [2.05, 4.69) is 10.6 Å². The van der Waals surface area contributed by atoms with Gasteiger partial charge < -0.3 is 30.0 Å². The van der Waals surface area contributed by atoms with Gasteiger partial charge in [0.15, 0.2) is 0 Å². The van der Waals surface area contributed by atoms with Crippen LogP contribution in [0.1, 0.15) is 12.8 Å². The molecule has 0 heterocycles. The number of carboxylic acids is 1. The second kappa shape index (κ2) is 15.4. The molecule has 1 aromatic carbocycles. The summed E-state index contributed by atoms with van der Waals surface area (Å²) in [6.45, 7) is 2.31. The molecule has 1 aromatic rings. The van der Waals surface area contributed by atoms with Crippen LogP contribution in [0, 0.1) is 20.2 Å². The highest BCUT2D eigenvalue weighted by Crippen LogP contribution is 2.28. The summed E-state index contributed by atoms with van der Waals surface area (Å²) in [7, 11) is 0. The number of nitrogens with zero attached hydrogens (tertiary/aromatic N) is 2. The average Bonchev–Trinajstić information content (AvgIpc) is 2.75. The Labute approximate surface area is 183 Å². The first kappa shape index (κ1) is 26.7. The van der Waals surface area contributed by atoms with Gasteiger partial charge >= 0.3 is 5.97 Å². The van der Waals surface area contributed by atoms with E-state index in [1.54, 1.807) is 0 Å². The van der Waals surface area contributed by atoms with Crippen molar-refractivity contribution in [1.29, 1.82) is 0 Å². The van der Waals surface area contributed by atoms with Crippen molar-refractivity contribution >= 4 is 28.9 Å². The average molecular weight is 458 g/mol. The Hall–Kier alpha value is -3.36. The molecule has 3 N–H and O–H groups in total. The molecule has 0 fully saturated rings. The van der Waals surface area contributed by atoms with Crippen LogP contribution in [-0.2, 0) is 23.8 Å². The van der Waals surface area contributed by atoms with Crippen molar-refractivity contribution in [1.82, 2.24) is 5.32 Å². The fourth-order valence-electron chi connectivity index (χ4n) is 2.31. The first-order chi connectivity index (χ1) is 15.3. The van der Waals surface area contributed by atoms with E-state index in [0.717, 1.165) is 6.07 Å². The largest absolute Gasteiger partial charge is 0.481 e. The van der Waals surface area contributed by atoms with Gasteiger partial charge in [-0.15, -0.1) is 0 Å². The van der Waals surface area contributed by atoms with Crippen LogP contribution >= 0.6 is 0 Å². The molecular formula is C18H26N4O10. The van der Waals surface area contributed by atoms with Crippen molar-refractivity contribution in [3.63, 3.8) is 0 Å². The monoisotopic (exact) mass is 458 g/mol. The number of carboxylic acid groups (broad SMARTS) is 1. The van der Waals surface area contributed by atoms with Gasteiger partial charge in [-0.05, 0) is 6.07 Å². The number of nitro groups is 2. The van der Waals surface area contributed by atoms with E-state index in [9.17, 15) is 29.8 Å². The second-order valence-corrected chi connectivity index (χ2v) is 6.22. The van der Waals surface area contributed by atoms with Gasteiger partial charge in [0.2, 0.25) is 5.91 Å². The molecule has 0 aliphatic rings. The third kappa shape index (κ3) is 11.7. The zero-order chi connectivity index (χ0) is 23.8. The summed E-state index contributed by atoms with van der Waals surface area (Å²) in [5, 5.41) is 35.6. The fraction of sp³-hybridized carbons (Fsp3) is 0.556. The minimum atomic E-state index is -1.03. The normalized spacial score (nSPS) is 10.5. The first-order valence-corrected chi connectivity index (χ1v) is 9.69. The smallest absolute Gasteiger partial charge is 0.303 e. The predicted molar refractivity (Wildman–Crippen MR) is 111 cm³/mol. The number of carbonyl (C=O) groups is 2. The zero-order valence-corrected chi connectivity index (χ0v) is 17.3. The fourth-order valence-corrected chi connectivity index (χ4v) is 2.31. The number of amides is 1. The summed E-state index contributed by atoms with van der Waals surface area (Å²) in [4.78, 5) is 42.0.